The van der Waals surface area contributed by atoms with E-state index >= 15 is 0 Å². The topological polar surface area (TPSA) is 55.4 Å². The average Bonchev–Trinajstić information content (AvgIpc) is 2.58. The molecule has 2 unspecified atom stereocenters. The molecule has 1 N–H and O–H groups in total. The Morgan fingerprint density at radius 1 is 1.50 bits per heavy atom. The van der Waals surface area contributed by atoms with E-state index in [0.29, 0.717) is 0 Å². The van der Waals surface area contributed by atoms with E-state index in [-0.39, 0.29) is 11.8 Å². The highest BCUT2D eigenvalue weighted by atomic mass is 32.2. The van der Waals surface area contributed by atoms with Crippen LogP contribution in [0.2, 0.25) is 0 Å². The molecule has 0 aliphatic carbocycles. The monoisotopic (exact) mass is 187 g/mol. The Hall–Kier alpha value is -0.710. The summed E-state index contributed by atoms with van der Waals surface area (Å²) in [5.41, 5.74) is 0. The number of hydrogen-bond acceptors (Lipinski definition) is 4. The van der Waals surface area contributed by atoms with Gasteiger partial charge < -0.3 is 4.74 Å². The quantitative estimate of drug-likeness (QED) is 0.644. The SMILES string of the molecule is O=C1NC(=O)C(C2CCSC2)O1. The molecule has 0 spiro atoms. The molecule has 2 saturated heterocycles. The van der Waals surface area contributed by atoms with Crippen molar-refractivity contribution in [3.8, 4) is 0 Å². The van der Waals surface area contributed by atoms with Crippen molar-refractivity contribution >= 4 is 23.8 Å². The summed E-state index contributed by atoms with van der Waals surface area (Å²) in [5.74, 6) is 1.94. The number of rotatable bonds is 1. The molecular formula is C7H9NO3S. The van der Waals surface area contributed by atoms with Gasteiger partial charge in [-0.25, -0.2) is 4.79 Å². The number of cyclic esters (lactones) is 1. The first kappa shape index (κ1) is 7.91. The molecular weight excluding hydrogens is 178 g/mol. The van der Waals surface area contributed by atoms with Crippen molar-refractivity contribution in [3.63, 3.8) is 0 Å². The molecule has 0 aromatic rings. The fraction of sp³-hybridized carbons (Fsp3) is 0.714. The number of thioether (sulfide) groups is 1. The van der Waals surface area contributed by atoms with Gasteiger partial charge in [-0.2, -0.15) is 11.8 Å². The normalized spacial score (nSPS) is 35.0. The standard InChI is InChI=1S/C7H9NO3S/c9-6-5(11-7(10)8-6)4-1-2-12-3-4/h4-5H,1-3H2,(H,8,9,10). The van der Waals surface area contributed by atoms with Crippen LogP contribution in [0.5, 0.6) is 0 Å². The number of amides is 2. The van der Waals surface area contributed by atoms with Crippen LogP contribution in [0.1, 0.15) is 6.42 Å². The van der Waals surface area contributed by atoms with E-state index in [1.807, 2.05) is 0 Å². The summed E-state index contributed by atoms with van der Waals surface area (Å²) in [6.45, 7) is 0. The van der Waals surface area contributed by atoms with Crippen molar-refractivity contribution in [2.24, 2.45) is 5.92 Å². The third kappa shape index (κ3) is 1.29. The fourth-order valence-electron chi connectivity index (χ4n) is 1.47. The average molecular weight is 187 g/mol. The Kier molecular flexibility index (Phi) is 1.96. The molecule has 4 nitrogen and oxygen atoms in total. The molecule has 0 aromatic carbocycles. The summed E-state index contributed by atoms with van der Waals surface area (Å²) >= 11 is 1.80. The fourth-order valence-corrected chi connectivity index (χ4v) is 2.75. The van der Waals surface area contributed by atoms with Crippen LogP contribution in [0, 0.1) is 5.92 Å². The van der Waals surface area contributed by atoms with Gasteiger partial charge in [-0.1, -0.05) is 0 Å². The first-order chi connectivity index (χ1) is 5.77. The van der Waals surface area contributed by atoms with Gasteiger partial charge >= 0.3 is 6.09 Å². The molecule has 2 rings (SSSR count). The van der Waals surface area contributed by atoms with Crippen LogP contribution in [-0.4, -0.2) is 29.6 Å². The number of nitrogens with one attached hydrogen (secondary N) is 1. The van der Waals surface area contributed by atoms with Crippen molar-refractivity contribution in [1.29, 1.82) is 0 Å². The minimum atomic E-state index is -0.595. The van der Waals surface area contributed by atoms with E-state index < -0.39 is 12.2 Å². The van der Waals surface area contributed by atoms with Crippen LogP contribution in [0.4, 0.5) is 4.79 Å². The van der Waals surface area contributed by atoms with E-state index in [4.69, 9.17) is 4.74 Å². The molecule has 0 aromatic heterocycles. The van der Waals surface area contributed by atoms with Gasteiger partial charge in [0.05, 0.1) is 0 Å². The zero-order valence-electron chi connectivity index (χ0n) is 6.41. The van der Waals surface area contributed by atoms with Crippen LogP contribution < -0.4 is 5.32 Å². The lowest BCUT2D eigenvalue weighted by molar-refractivity contribution is -0.125. The Bertz CT molecular complexity index is 225. The molecule has 12 heavy (non-hydrogen) atoms. The van der Waals surface area contributed by atoms with Crippen LogP contribution in [0.3, 0.4) is 0 Å². The van der Waals surface area contributed by atoms with Crippen molar-refractivity contribution in [2.45, 2.75) is 12.5 Å². The Morgan fingerprint density at radius 3 is 2.83 bits per heavy atom. The van der Waals surface area contributed by atoms with Gasteiger partial charge in [0.1, 0.15) is 0 Å². The third-order valence-electron chi connectivity index (χ3n) is 2.11. The number of hydrogen-bond donors (Lipinski definition) is 1. The number of carbonyl (C=O) groups excluding carboxylic acids is 2. The van der Waals surface area contributed by atoms with Crippen molar-refractivity contribution in [1.82, 2.24) is 5.32 Å². The lowest BCUT2D eigenvalue weighted by atomic mass is 10.0. The zero-order valence-corrected chi connectivity index (χ0v) is 7.23. The van der Waals surface area contributed by atoms with Gasteiger partial charge in [-0.15, -0.1) is 0 Å². The van der Waals surface area contributed by atoms with E-state index in [1.165, 1.54) is 0 Å². The second-order valence-corrected chi connectivity index (χ2v) is 4.09. The summed E-state index contributed by atoms with van der Waals surface area (Å²) in [6, 6.07) is 0. The molecule has 2 aliphatic heterocycles. The van der Waals surface area contributed by atoms with Crippen LogP contribution in [0.25, 0.3) is 0 Å². The third-order valence-corrected chi connectivity index (χ3v) is 3.30. The number of alkyl carbamates (subject to hydrolysis) is 1. The minimum Gasteiger partial charge on any atom is -0.435 e. The van der Waals surface area contributed by atoms with Gasteiger partial charge in [-0.3, -0.25) is 10.1 Å². The summed E-state index contributed by atoms with van der Waals surface area (Å²) in [7, 11) is 0. The Labute approximate surface area is 74.0 Å². The van der Waals surface area contributed by atoms with E-state index in [1.54, 1.807) is 11.8 Å². The maximum atomic E-state index is 11.1. The molecule has 0 saturated carbocycles. The zero-order chi connectivity index (χ0) is 8.55. The molecule has 2 atom stereocenters. The second kappa shape index (κ2) is 2.97. The van der Waals surface area contributed by atoms with Gasteiger partial charge in [0.25, 0.3) is 5.91 Å². The molecule has 0 radical (unpaired) electrons. The van der Waals surface area contributed by atoms with E-state index in [9.17, 15) is 9.59 Å². The summed E-state index contributed by atoms with van der Waals surface area (Å²) in [6.07, 6.45) is -0.148. The smallest absolute Gasteiger partial charge is 0.414 e. The van der Waals surface area contributed by atoms with E-state index in [2.05, 4.69) is 5.32 Å². The second-order valence-electron chi connectivity index (χ2n) is 2.94. The van der Waals surface area contributed by atoms with Gasteiger partial charge in [-0.05, 0) is 12.2 Å². The maximum absolute atomic E-state index is 11.1. The largest absolute Gasteiger partial charge is 0.435 e. The summed E-state index contributed by atoms with van der Waals surface area (Å²) in [5, 5.41) is 2.13. The molecule has 66 valence electrons. The first-order valence-corrected chi connectivity index (χ1v) is 5.02. The predicted molar refractivity (Wildman–Crippen MR) is 43.8 cm³/mol. The highest BCUT2D eigenvalue weighted by molar-refractivity contribution is 7.99. The number of imide groups is 1. The van der Waals surface area contributed by atoms with Crippen LogP contribution in [0.15, 0.2) is 0 Å². The Morgan fingerprint density at radius 2 is 2.33 bits per heavy atom. The van der Waals surface area contributed by atoms with E-state index in [0.717, 1.165) is 17.9 Å². The summed E-state index contributed by atoms with van der Waals surface area (Å²) < 4.78 is 4.84. The predicted octanol–water partition coefficient (Wildman–Crippen LogP) is 0.375. The molecule has 2 aliphatic rings. The minimum absolute atomic E-state index is 0.224. The van der Waals surface area contributed by atoms with Gasteiger partial charge in [0.15, 0.2) is 6.10 Å². The molecule has 5 heteroatoms. The van der Waals surface area contributed by atoms with Gasteiger partial charge in [0.2, 0.25) is 0 Å². The number of ether oxygens (including phenoxy) is 1. The van der Waals surface area contributed by atoms with Crippen molar-refractivity contribution in [2.75, 3.05) is 11.5 Å². The van der Waals surface area contributed by atoms with Crippen LogP contribution >= 0.6 is 11.8 Å². The molecule has 2 fully saturated rings. The lowest BCUT2D eigenvalue weighted by Gasteiger charge is -2.11. The maximum Gasteiger partial charge on any atom is 0.414 e. The number of carbonyl (C=O) groups is 2. The summed E-state index contributed by atoms with van der Waals surface area (Å²) in [4.78, 5) is 21.8. The molecule has 2 amide bonds. The highest BCUT2D eigenvalue weighted by Crippen LogP contribution is 2.29. The highest BCUT2D eigenvalue weighted by Gasteiger charge is 2.39. The lowest BCUT2D eigenvalue weighted by Crippen LogP contribution is -2.30. The molecule has 0 bridgehead atoms. The van der Waals surface area contributed by atoms with Crippen molar-refractivity contribution in [3.05, 3.63) is 0 Å². The first-order valence-electron chi connectivity index (χ1n) is 3.86. The Balaban J connectivity index is 2.03. The van der Waals surface area contributed by atoms with Crippen molar-refractivity contribution < 1.29 is 14.3 Å². The van der Waals surface area contributed by atoms with Gasteiger partial charge in [0, 0.05) is 11.7 Å². The molecule has 2 heterocycles. The van der Waals surface area contributed by atoms with Crippen LogP contribution in [-0.2, 0) is 9.53 Å².